The number of oxazole rings is 1. The van der Waals surface area contributed by atoms with Crippen molar-refractivity contribution in [3.05, 3.63) is 23.8 Å². The highest BCUT2D eigenvalue weighted by atomic mass is 16.4. The first-order valence-electron chi connectivity index (χ1n) is 6.13. The highest BCUT2D eigenvalue weighted by Crippen LogP contribution is 2.25. The van der Waals surface area contributed by atoms with Crippen molar-refractivity contribution in [2.45, 2.75) is 19.3 Å². The molecule has 0 atom stereocenters. The number of carboxylic acid groups (broad SMARTS) is 1. The van der Waals surface area contributed by atoms with Gasteiger partial charge in [0.25, 0.3) is 6.01 Å². The SMILES string of the molecule is O=C(O)c1ccc2nc(N3CCCCC3)oc2c1. The van der Waals surface area contributed by atoms with Gasteiger partial charge in [-0.15, -0.1) is 0 Å². The van der Waals surface area contributed by atoms with Crippen LogP contribution in [0.5, 0.6) is 0 Å². The minimum atomic E-state index is -0.951. The Hall–Kier alpha value is -2.04. The first-order valence-corrected chi connectivity index (χ1v) is 6.13. The number of carboxylic acids is 1. The van der Waals surface area contributed by atoms with E-state index in [1.165, 1.54) is 12.5 Å². The van der Waals surface area contributed by atoms with E-state index >= 15 is 0 Å². The molecule has 1 aromatic heterocycles. The Labute approximate surface area is 104 Å². The quantitative estimate of drug-likeness (QED) is 0.881. The van der Waals surface area contributed by atoms with Gasteiger partial charge in [0.05, 0.1) is 5.56 Å². The molecule has 0 spiro atoms. The van der Waals surface area contributed by atoms with E-state index in [1.807, 2.05) is 0 Å². The average Bonchev–Trinajstić information content (AvgIpc) is 2.82. The van der Waals surface area contributed by atoms with Gasteiger partial charge < -0.3 is 14.4 Å². The maximum atomic E-state index is 10.9. The Kier molecular flexibility index (Phi) is 2.66. The van der Waals surface area contributed by atoms with Crippen LogP contribution in [0.1, 0.15) is 29.6 Å². The number of carbonyl (C=O) groups is 1. The number of nitrogens with zero attached hydrogens (tertiary/aromatic N) is 2. The standard InChI is InChI=1S/C13H14N2O3/c16-12(17)9-4-5-10-11(8-9)18-13(14-10)15-6-2-1-3-7-15/h4-5,8H,1-3,6-7H2,(H,16,17). The first-order chi connectivity index (χ1) is 8.74. The third kappa shape index (κ3) is 1.92. The van der Waals surface area contributed by atoms with E-state index in [0.29, 0.717) is 17.1 Å². The summed E-state index contributed by atoms with van der Waals surface area (Å²) in [6.45, 7) is 1.91. The Morgan fingerprint density at radius 1 is 1.28 bits per heavy atom. The summed E-state index contributed by atoms with van der Waals surface area (Å²) in [5, 5.41) is 8.93. The summed E-state index contributed by atoms with van der Waals surface area (Å²) in [5.74, 6) is -0.951. The molecule has 1 aliphatic heterocycles. The Morgan fingerprint density at radius 3 is 2.78 bits per heavy atom. The second-order valence-electron chi connectivity index (χ2n) is 4.53. The summed E-state index contributed by atoms with van der Waals surface area (Å²) < 4.78 is 5.65. The Morgan fingerprint density at radius 2 is 2.06 bits per heavy atom. The van der Waals surface area contributed by atoms with Crippen molar-refractivity contribution >= 4 is 23.1 Å². The van der Waals surface area contributed by atoms with E-state index in [4.69, 9.17) is 9.52 Å². The largest absolute Gasteiger partial charge is 0.478 e. The molecule has 5 heteroatoms. The van der Waals surface area contributed by atoms with Gasteiger partial charge in [0, 0.05) is 13.1 Å². The number of piperidine rings is 1. The van der Waals surface area contributed by atoms with Crippen LogP contribution in [0.15, 0.2) is 22.6 Å². The predicted octanol–water partition coefficient (Wildman–Crippen LogP) is 2.52. The van der Waals surface area contributed by atoms with Gasteiger partial charge in [0.1, 0.15) is 5.52 Å². The molecule has 0 aliphatic carbocycles. The number of anilines is 1. The Bertz CT molecular complexity index is 585. The highest BCUT2D eigenvalue weighted by molar-refractivity contribution is 5.92. The molecule has 1 aliphatic rings. The smallest absolute Gasteiger partial charge is 0.335 e. The second kappa shape index (κ2) is 4.33. The van der Waals surface area contributed by atoms with Crippen LogP contribution in [-0.2, 0) is 0 Å². The van der Waals surface area contributed by atoms with Crippen molar-refractivity contribution in [2.75, 3.05) is 18.0 Å². The van der Waals surface area contributed by atoms with Crippen LogP contribution in [0.2, 0.25) is 0 Å². The lowest BCUT2D eigenvalue weighted by molar-refractivity contribution is 0.0697. The van der Waals surface area contributed by atoms with Crippen LogP contribution >= 0.6 is 0 Å². The van der Waals surface area contributed by atoms with Crippen LogP contribution in [0.25, 0.3) is 11.1 Å². The number of hydrogen-bond donors (Lipinski definition) is 1. The number of rotatable bonds is 2. The zero-order valence-corrected chi connectivity index (χ0v) is 9.93. The molecule has 2 aromatic rings. The van der Waals surface area contributed by atoms with Crippen LogP contribution in [-0.4, -0.2) is 29.1 Å². The van der Waals surface area contributed by atoms with E-state index < -0.39 is 5.97 Å². The number of aromatic carboxylic acids is 1. The molecule has 1 saturated heterocycles. The molecule has 18 heavy (non-hydrogen) atoms. The van der Waals surface area contributed by atoms with Crippen LogP contribution in [0, 0.1) is 0 Å². The van der Waals surface area contributed by atoms with Crippen molar-refractivity contribution in [2.24, 2.45) is 0 Å². The summed E-state index contributed by atoms with van der Waals surface area (Å²) >= 11 is 0. The summed E-state index contributed by atoms with van der Waals surface area (Å²) in [6.07, 6.45) is 3.55. The van der Waals surface area contributed by atoms with Crippen molar-refractivity contribution in [3.8, 4) is 0 Å². The lowest BCUT2D eigenvalue weighted by Crippen LogP contribution is -2.29. The minimum Gasteiger partial charge on any atom is -0.478 e. The molecule has 1 fully saturated rings. The molecule has 5 nitrogen and oxygen atoms in total. The van der Waals surface area contributed by atoms with E-state index in [-0.39, 0.29) is 5.56 Å². The molecular weight excluding hydrogens is 232 g/mol. The van der Waals surface area contributed by atoms with Crippen LogP contribution in [0.3, 0.4) is 0 Å². The molecule has 94 valence electrons. The number of aromatic nitrogens is 1. The lowest BCUT2D eigenvalue weighted by atomic mass is 10.1. The number of hydrogen-bond acceptors (Lipinski definition) is 4. The molecule has 2 heterocycles. The Balaban J connectivity index is 1.97. The maximum absolute atomic E-state index is 10.9. The third-order valence-electron chi connectivity index (χ3n) is 3.25. The topological polar surface area (TPSA) is 66.6 Å². The van der Waals surface area contributed by atoms with Crippen molar-refractivity contribution < 1.29 is 14.3 Å². The first kappa shape index (κ1) is 11.1. The second-order valence-corrected chi connectivity index (χ2v) is 4.53. The summed E-state index contributed by atoms with van der Waals surface area (Å²) in [7, 11) is 0. The summed E-state index contributed by atoms with van der Waals surface area (Å²) in [6, 6.07) is 5.37. The fourth-order valence-corrected chi connectivity index (χ4v) is 2.27. The molecule has 0 amide bonds. The molecule has 0 unspecified atom stereocenters. The molecule has 1 aromatic carbocycles. The maximum Gasteiger partial charge on any atom is 0.335 e. The van der Waals surface area contributed by atoms with Crippen LogP contribution < -0.4 is 4.90 Å². The number of benzene rings is 1. The van der Waals surface area contributed by atoms with Gasteiger partial charge in [-0.25, -0.2) is 4.79 Å². The molecule has 1 N–H and O–H groups in total. The van der Waals surface area contributed by atoms with Gasteiger partial charge in [0.2, 0.25) is 0 Å². The zero-order valence-electron chi connectivity index (χ0n) is 9.93. The van der Waals surface area contributed by atoms with E-state index in [0.717, 1.165) is 25.9 Å². The minimum absolute atomic E-state index is 0.226. The molecule has 0 saturated carbocycles. The van der Waals surface area contributed by atoms with Gasteiger partial charge in [0.15, 0.2) is 5.58 Å². The van der Waals surface area contributed by atoms with E-state index in [9.17, 15) is 4.79 Å². The lowest BCUT2D eigenvalue weighted by Gasteiger charge is -2.24. The fourth-order valence-electron chi connectivity index (χ4n) is 2.27. The van der Waals surface area contributed by atoms with Gasteiger partial charge in [-0.3, -0.25) is 0 Å². The summed E-state index contributed by atoms with van der Waals surface area (Å²) in [5.41, 5.74) is 1.47. The predicted molar refractivity (Wildman–Crippen MR) is 67.0 cm³/mol. The van der Waals surface area contributed by atoms with Gasteiger partial charge >= 0.3 is 5.97 Å². The van der Waals surface area contributed by atoms with Crippen molar-refractivity contribution in [3.63, 3.8) is 0 Å². The molecular formula is C13H14N2O3. The van der Waals surface area contributed by atoms with Crippen molar-refractivity contribution in [1.82, 2.24) is 4.98 Å². The fraction of sp³-hybridized carbons (Fsp3) is 0.385. The third-order valence-corrected chi connectivity index (χ3v) is 3.25. The van der Waals surface area contributed by atoms with E-state index in [2.05, 4.69) is 9.88 Å². The van der Waals surface area contributed by atoms with Gasteiger partial charge in [-0.2, -0.15) is 4.98 Å². The highest BCUT2D eigenvalue weighted by Gasteiger charge is 2.17. The average molecular weight is 246 g/mol. The van der Waals surface area contributed by atoms with Crippen molar-refractivity contribution in [1.29, 1.82) is 0 Å². The van der Waals surface area contributed by atoms with Gasteiger partial charge in [-0.05, 0) is 37.5 Å². The molecule has 0 radical (unpaired) electrons. The summed E-state index contributed by atoms with van der Waals surface area (Å²) in [4.78, 5) is 17.4. The molecule has 0 bridgehead atoms. The number of fused-ring (bicyclic) bond motifs is 1. The monoisotopic (exact) mass is 246 g/mol. The zero-order chi connectivity index (χ0) is 12.5. The molecule has 3 rings (SSSR count). The van der Waals surface area contributed by atoms with E-state index in [1.54, 1.807) is 12.1 Å². The normalized spacial score (nSPS) is 16.1. The van der Waals surface area contributed by atoms with Crippen LogP contribution in [0.4, 0.5) is 6.01 Å². The van der Waals surface area contributed by atoms with Gasteiger partial charge in [-0.1, -0.05) is 0 Å².